The molecule has 0 radical (unpaired) electrons. The van der Waals surface area contributed by atoms with Crippen molar-refractivity contribution >= 4 is 5.91 Å². The molecule has 0 bridgehead atoms. The highest BCUT2D eigenvalue weighted by molar-refractivity contribution is 5.77. The van der Waals surface area contributed by atoms with E-state index >= 15 is 0 Å². The number of likely N-dealkylation sites (tertiary alicyclic amines) is 1. The van der Waals surface area contributed by atoms with E-state index in [4.69, 9.17) is 0 Å². The van der Waals surface area contributed by atoms with Gasteiger partial charge < -0.3 is 15.1 Å². The van der Waals surface area contributed by atoms with Gasteiger partial charge in [-0.2, -0.15) is 0 Å². The normalized spacial score (nSPS) is 30.5. The highest BCUT2D eigenvalue weighted by atomic mass is 16.2. The van der Waals surface area contributed by atoms with Crippen molar-refractivity contribution in [1.82, 2.24) is 15.1 Å². The van der Waals surface area contributed by atoms with Gasteiger partial charge in [-0.25, -0.2) is 0 Å². The van der Waals surface area contributed by atoms with Crippen LogP contribution in [0.3, 0.4) is 0 Å². The largest absolute Gasteiger partial charge is 0.341 e. The summed E-state index contributed by atoms with van der Waals surface area (Å²) in [6.07, 6.45) is 5.42. The lowest BCUT2D eigenvalue weighted by molar-refractivity contribution is -0.133. The quantitative estimate of drug-likeness (QED) is 0.787. The third-order valence-corrected chi connectivity index (χ3v) is 4.12. The monoisotopic (exact) mass is 239 g/mol. The van der Waals surface area contributed by atoms with E-state index in [9.17, 15) is 4.79 Å². The molecule has 2 saturated heterocycles. The first kappa shape index (κ1) is 12.8. The second kappa shape index (κ2) is 5.83. The van der Waals surface area contributed by atoms with Gasteiger partial charge in [0.25, 0.3) is 0 Å². The lowest BCUT2D eigenvalue weighted by Gasteiger charge is -2.36. The molecule has 2 aliphatic heterocycles. The molecule has 0 aromatic rings. The number of hydrogen-bond acceptors (Lipinski definition) is 3. The Balaban J connectivity index is 1.80. The summed E-state index contributed by atoms with van der Waals surface area (Å²) in [6, 6.07) is 0.842. The van der Waals surface area contributed by atoms with E-state index in [-0.39, 0.29) is 0 Å². The van der Waals surface area contributed by atoms with Crippen LogP contribution >= 0.6 is 0 Å². The molecule has 1 amide bonds. The minimum Gasteiger partial charge on any atom is -0.341 e. The van der Waals surface area contributed by atoms with E-state index in [1.54, 1.807) is 0 Å². The maximum atomic E-state index is 12.2. The average Bonchev–Trinajstić information content (AvgIpc) is 2.80. The molecular weight excluding hydrogens is 214 g/mol. The van der Waals surface area contributed by atoms with E-state index in [2.05, 4.69) is 17.3 Å². The zero-order chi connectivity index (χ0) is 12.3. The van der Waals surface area contributed by atoms with Crippen molar-refractivity contribution in [3.63, 3.8) is 0 Å². The Hall–Kier alpha value is -0.610. The van der Waals surface area contributed by atoms with Gasteiger partial charge in [-0.05, 0) is 45.8 Å². The van der Waals surface area contributed by atoms with Crippen LogP contribution in [0.15, 0.2) is 0 Å². The molecule has 2 aliphatic rings. The minimum absolute atomic E-state index is 0.310. The molecule has 4 heteroatoms. The molecule has 0 saturated carbocycles. The minimum atomic E-state index is 0.310. The summed E-state index contributed by atoms with van der Waals surface area (Å²) in [5.74, 6) is 0.310. The van der Waals surface area contributed by atoms with Gasteiger partial charge in [0.05, 0.1) is 0 Å². The molecule has 4 nitrogen and oxygen atoms in total. The fraction of sp³-hybridized carbons (Fsp3) is 0.923. The Kier molecular flexibility index (Phi) is 4.40. The van der Waals surface area contributed by atoms with E-state index in [0.29, 0.717) is 24.4 Å². The highest BCUT2D eigenvalue weighted by Crippen LogP contribution is 2.16. The maximum Gasteiger partial charge on any atom is 0.224 e. The van der Waals surface area contributed by atoms with Crippen molar-refractivity contribution in [2.75, 3.05) is 33.7 Å². The lowest BCUT2D eigenvalue weighted by Crippen LogP contribution is -2.48. The molecule has 0 spiro atoms. The van der Waals surface area contributed by atoms with Gasteiger partial charge in [-0.1, -0.05) is 0 Å². The Morgan fingerprint density at radius 1 is 1.41 bits per heavy atom. The van der Waals surface area contributed by atoms with Crippen LogP contribution in [0, 0.1) is 0 Å². The van der Waals surface area contributed by atoms with Crippen molar-refractivity contribution in [2.45, 2.75) is 44.2 Å². The predicted octanol–water partition coefficient (Wildman–Crippen LogP) is 0.681. The summed E-state index contributed by atoms with van der Waals surface area (Å²) in [7, 11) is 4.12. The Bertz CT molecular complexity index is 263. The zero-order valence-electron chi connectivity index (χ0n) is 11.1. The molecule has 2 rings (SSSR count). The van der Waals surface area contributed by atoms with E-state index in [0.717, 1.165) is 25.9 Å². The van der Waals surface area contributed by atoms with E-state index in [1.807, 2.05) is 11.9 Å². The number of carbonyl (C=O) groups excluding carboxylic acids is 1. The van der Waals surface area contributed by atoms with Gasteiger partial charge in [0.15, 0.2) is 0 Å². The molecule has 17 heavy (non-hydrogen) atoms. The van der Waals surface area contributed by atoms with E-state index < -0.39 is 0 Å². The number of piperidine rings is 1. The van der Waals surface area contributed by atoms with Crippen LogP contribution in [-0.2, 0) is 4.79 Å². The molecule has 0 aromatic carbocycles. The first-order valence-corrected chi connectivity index (χ1v) is 6.84. The van der Waals surface area contributed by atoms with Crippen LogP contribution in [-0.4, -0.2) is 61.5 Å². The molecule has 2 unspecified atom stereocenters. The number of hydrogen-bond donors (Lipinski definition) is 1. The van der Waals surface area contributed by atoms with Gasteiger partial charge in [-0.3, -0.25) is 4.79 Å². The number of amides is 1. The SMILES string of the molecule is CN1CCCC(N(C)C(=O)CC2CCCN2)C1. The average molecular weight is 239 g/mol. The smallest absolute Gasteiger partial charge is 0.224 e. The van der Waals surface area contributed by atoms with Crippen molar-refractivity contribution in [2.24, 2.45) is 0 Å². The van der Waals surface area contributed by atoms with Crippen LogP contribution in [0.4, 0.5) is 0 Å². The number of carbonyl (C=O) groups is 1. The van der Waals surface area contributed by atoms with Crippen molar-refractivity contribution in [3.8, 4) is 0 Å². The molecule has 0 aliphatic carbocycles. The Labute approximate surface area is 104 Å². The van der Waals surface area contributed by atoms with Gasteiger partial charge >= 0.3 is 0 Å². The fourth-order valence-electron chi connectivity index (χ4n) is 2.94. The van der Waals surface area contributed by atoms with Gasteiger partial charge in [-0.15, -0.1) is 0 Å². The fourth-order valence-corrected chi connectivity index (χ4v) is 2.94. The second-order valence-electron chi connectivity index (χ2n) is 5.56. The van der Waals surface area contributed by atoms with Crippen LogP contribution < -0.4 is 5.32 Å². The molecule has 2 fully saturated rings. The second-order valence-corrected chi connectivity index (χ2v) is 5.56. The third kappa shape index (κ3) is 3.42. The highest BCUT2D eigenvalue weighted by Gasteiger charge is 2.26. The third-order valence-electron chi connectivity index (χ3n) is 4.12. The molecule has 0 aromatic heterocycles. The van der Waals surface area contributed by atoms with E-state index in [1.165, 1.54) is 19.4 Å². The van der Waals surface area contributed by atoms with Crippen LogP contribution in [0.2, 0.25) is 0 Å². The van der Waals surface area contributed by atoms with Crippen molar-refractivity contribution < 1.29 is 4.79 Å². The number of rotatable bonds is 3. The van der Waals surface area contributed by atoms with Gasteiger partial charge in [0.1, 0.15) is 0 Å². The Morgan fingerprint density at radius 3 is 2.88 bits per heavy atom. The lowest BCUT2D eigenvalue weighted by atomic mass is 10.0. The summed E-state index contributed by atoms with van der Waals surface area (Å²) in [4.78, 5) is 16.5. The predicted molar refractivity (Wildman–Crippen MR) is 68.9 cm³/mol. The summed E-state index contributed by atoms with van der Waals surface area (Å²) in [5.41, 5.74) is 0. The molecule has 98 valence electrons. The van der Waals surface area contributed by atoms with Crippen LogP contribution in [0.1, 0.15) is 32.1 Å². The van der Waals surface area contributed by atoms with Crippen molar-refractivity contribution in [1.29, 1.82) is 0 Å². The summed E-state index contributed by atoms with van der Waals surface area (Å²) in [6.45, 7) is 3.27. The number of nitrogens with zero attached hydrogens (tertiary/aromatic N) is 2. The van der Waals surface area contributed by atoms with Crippen LogP contribution in [0.5, 0.6) is 0 Å². The van der Waals surface area contributed by atoms with Gasteiger partial charge in [0, 0.05) is 32.1 Å². The molecule has 1 N–H and O–H groups in total. The molecular formula is C13H25N3O. The number of nitrogens with one attached hydrogen (secondary N) is 1. The Morgan fingerprint density at radius 2 is 2.24 bits per heavy atom. The standard InChI is InChI=1S/C13H25N3O/c1-15-8-4-6-12(10-15)16(2)13(17)9-11-5-3-7-14-11/h11-12,14H,3-10H2,1-2H3. The van der Waals surface area contributed by atoms with Crippen LogP contribution in [0.25, 0.3) is 0 Å². The first-order valence-electron chi connectivity index (χ1n) is 6.84. The molecule has 2 atom stereocenters. The van der Waals surface area contributed by atoms with Gasteiger partial charge in [0.2, 0.25) is 5.91 Å². The zero-order valence-corrected chi connectivity index (χ0v) is 11.1. The maximum absolute atomic E-state index is 12.2. The summed E-state index contributed by atoms with van der Waals surface area (Å²) >= 11 is 0. The number of likely N-dealkylation sites (N-methyl/N-ethyl adjacent to an activating group) is 2. The van der Waals surface area contributed by atoms with Crippen molar-refractivity contribution in [3.05, 3.63) is 0 Å². The molecule has 2 heterocycles. The summed E-state index contributed by atoms with van der Waals surface area (Å²) in [5, 5.41) is 3.40. The summed E-state index contributed by atoms with van der Waals surface area (Å²) < 4.78 is 0. The first-order chi connectivity index (χ1) is 8.16. The topological polar surface area (TPSA) is 35.6 Å².